The predicted molar refractivity (Wildman–Crippen MR) is 112 cm³/mol. The number of benzene rings is 1. The van der Waals surface area contributed by atoms with E-state index in [0.717, 1.165) is 25.2 Å². The topological polar surface area (TPSA) is 56.3 Å². The maximum atomic E-state index is 12.9. The van der Waals surface area contributed by atoms with Gasteiger partial charge in [0.2, 0.25) is 0 Å². The third-order valence-electron chi connectivity index (χ3n) is 6.41. The molecule has 3 fully saturated rings. The molecular weight excluding hydrogens is 368 g/mol. The van der Waals surface area contributed by atoms with Gasteiger partial charge in [-0.3, -0.25) is 4.79 Å². The van der Waals surface area contributed by atoms with E-state index in [-0.39, 0.29) is 12.0 Å². The third kappa shape index (κ3) is 4.34. The number of carbonyl (C=O) groups excluding carboxylic acids is 2. The second kappa shape index (κ2) is 8.22. The first-order valence-corrected chi connectivity index (χ1v) is 10.7. The smallest absolute Gasteiger partial charge is 0.410 e. The van der Waals surface area contributed by atoms with Crippen LogP contribution in [0, 0.1) is 0 Å². The molecule has 1 aromatic rings. The van der Waals surface area contributed by atoms with E-state index in [1.807, 2.05) is 31.1 Å². The van der Waals surface area contributed by atoms with E-state index in [0.29, 0.717) is 39.0 Å². The Morgan fingerprint density at radius 1 is 1.07 bits per heavy atom. The number of ether oxygens (including phenoxy) is 1. The molecule has 3 aliphatic rings. The lowest BCUT2D eigenvalue weighted by atomic mass is 9.91. The average molecular weight is 401 g/mol. The van der Waals surface area contributed by atoms with Crippen molar-refractivity contribution in [3.63, 3.8) is 0 Å². The molecule has 0 aliphatic carbocycles. The fourth-order valence-electron chi connectivity index (χ4n) is 4.54. The minimum absolute atomic E-state index is 0.0709. The van der Waals surface area contributed by atoms with E-state index in [1.54, 1.807) is 4.90 Å². The molecule has 7 heteroatoms. The molecular formula is C22H32N4O3. The second-order valence-corrected chi connectivity index (χ2v) is 8.81. The van der Waals surface area contributed by atoms with Gasteiger partial charge in [-0.25, -0.2) is 4.79 Å². The SMILES string of the molecule is CN(C)CCN1CC2(CCN(C(=O)c3ccc(N4CCCC4)cc3)CC2)OC1=O. The van der Waals surface area contributed by atoms with Crippen molar-refractivity contribution in [2.45, 2.75) is 31.3 Å². The van der Waals surface area contributed by atoms with Crippen LogP contribution < -0.4 is 4.90 Å². The molecule has 0 bridgehead atoms. The van der Waals surface area contributed by atoms with E-state index >= 15 is 0 Å². The molecule has 1 aromatic carbocycles. The van der Waals surface area contributed by atoms with Crippen LogP contribution in [0.2, 0.25) is 0 Å². The number of rotatable bonds is 5. The standard InChI is InChI=1S/C22H32N4O3/c1-23(2)15-16-26-17-22(29-21(26)28)9-13-25(14-10-22)20(27)18-5-7-19(8-6-18)24-11-3-4-12-24/h5-8H,3-4,9-17H2,1-2H3. The van der Waals surface area contributed by atoms with Gasteiger partial charge in [-0.15, -0.1) is 0 Å². The molecule has 3 saturated heterocycles. The Balaban J connectivity index is 1.32. The zero-order chi connectivity index (χ0) is 20.4. The monoisotopic (exact) mass is 400 g/mol. The van der Waals surface area contributed by atoms with Crippen LogP contribution in [0.15, 0.2) is 24.3 Å². The molecule has 0 atom stereocenters. The molecule has 2 amide bonds. The number of likely N-dealkylation sites (tertiary alicyclic amines) is 1. The summed E-state index contributed by atoms with van der Waals surface area (Å²) in [5, 5.41) is 0. The van der Waals surface area contributed by atoms with Crippen LogP contribution in [-0.2, 0) is 4.74 Å². The molecule has 3 aliphatic heterocycles. The van der Waals surface area contributed by atoms with Gasteiger partial charge in [-0.2, -0.15) is 0 Å². The lowest BCUT2D eigenvalue weighted by Gasteiger charge is -2.37. The number of hydrogen-bond donors (Lipinski definition) is 0. The van der Waals surface area contributed by atoms with Gasteiger partial charge < -0.3 is 24.3 Å². The van der Waals surface area contributed by atoms with E-state index < -0.39 is 5.60 Å². The molecule has 4 rings (SSSR count). The van der Waals surface area contributed by atoms with Crippen LogP contribution >= 0.6 is 0 Å². The Morgan fingerprint density at radius 2 is 1.72 bits per heavy atom. The van der Waals surface area contributed by atoms with Gasteiger partial charge in [0.25, 0.3) is 5.91 Å². The first-order valence-electron chi connectivity index (χ1n) is 10.7. The number of anilines is 1. The molecule has 0 unspecified atom stereocenters. The molecule has 1 spiro atoms. The van der Waals surface area contributed by atoms with E-state index in [1.165, 1.54) is 18.5 Å². The van der Waals surface area contributed by atoms with Crippen molar-refractivity contribution in [2.24, 2.45) is 0 Å². The lowest BCUT2D eigenvalue weighted by molar-refractivity contribution is 0.00313. The van der Waals surface area contributed by atoms with Crippen molar-refractivity contribution >= 4 is 17.7 Å². The van der Waals surface area contributed by atoms with E-state index in [4.69, 9.17) is 4.74 Å². The molecule has 158 valence electrons. The Labute approximate surface area is 173 Å². The highest BCUT2D eigenvalue weighted by Gasteiger charge is 2.47. The van der Waals surface area contributed by atoms with Gasteiger partial charge in [-0.1, -0.05) is 0 Å². The Kier molecular flexibility index (Phi) is 5.67. The minimum Gasteiger partial charge on any atom is -0.441 e. The Morgan fingerprint density at radius 3 is 2.34 bits per heavy atom. The van der Waals surface area contributed by atoms with Gasteiger partial charge in [0.1, 0.15) is 5.60 Å². The summed E-state index contributed by atoms with van der Waals surface area (Å²) in [6.45, 7) is 5.59. The first kappa shape index (κ1) is 20.0. The van der Waals surface area contributed by atoms with Crippen LogP contribution in [0.25, 0.3) is 0 Å². The fourth-order valence-corrected chi connectivity index (χ4v) is 4.54. The normalized spacial score (nSPS) is 21.3. The average Bonchev–Trinajstić information content (AvgIpc) is 3.35. The highest BCUT2D eigenvalue weighted by atomic mass is 16.6. The highest BCUT2D eigenvalue weighted by Crippen LogP contribution is 2.33. The number of hydrogen-bond acceptors (Lipinski definition) is 5. The summed E-state index contributed by atoms with van der Waals surface area (Å²) in [4.78, 5) is 33.3. The summed E-state index contributed by atoms with van der Waals surface area (Å²) in [5.41, 5.74) is 1.51. The zero-order valence-corrected chi connectivity index (χ0v) is 17.6. The molecule has 7 nitrogen and oxygen atoms in total. The number of piperidine rings is 1. The van der Waals surface area contributed by atoms with Crippen molar-refractivity contribution < 1.29 is 14.3 Å². The predicted octanol–water partition coefficient (Wildman–Crippen LogP) is 2.28. The first-order chi connectivity index (χ1) is 14.0. The van der Waals surface area contributed by atoms with E-state index in [2.05, 4.69) is 21.9 Å². The number of nitrogens with zero attached hydrogens (tertiary/aromatic N) is 4. The largest absolute Gasteiger partial charge is 0.441 e. The Hall–Kier alpha value is -2.28. The Bertz CT molecular complexity index is 735. The summed E-state index contributed by atoms with van der Waals surface area (Å²) in [7, 11) is 4.00. The summed E-state index contributed by atoms with van der Waals surface area (Å²) in [6.07, 6.45) is 3.67. The van der Waals surface area contributed by atoms with Crippen molar-refractivity contribution in [1.29, 1.82) is 0 Å². The molecule has 29 heavy (non-hydrogen) atoms. The van der Waals surface area contributed by atoms with Crippen molar-refractivity contribution in [3.05, 3.63) is 29.8 Å². The molecule has 0 radical (unpaired) electrons. The number of amides is 2. The van der Waals surface area contributed by atoms with Crippen LogP contribution in [0.5, 0.6) is 0 Å². The third-order valence-corrected chi connectivity index (χ3v) is 6.41. The summed E-state index contributed by atoms with van der Waals surface area (Å²) in [6, 6.07) is 8.01. The minimum atomic E-state index is -0.431. The zero-order valence-electron chi connectivity index (χ0n) is 17.6. The van der Waals surface area contributed by atoms with Crippen molar-refractivity contribution in [2.75, 3.05) is 64.8 Å². The van der Waals surface area contributed by atoms with E-state index in [9.17, 15) is 9.59 Å². The van der Waals surface area contributed by atoms with Crippen molar-refractivity contribution in [3.8, 4) is 0 Å². The summed E-state index contributed by atoms with van der Waals surface area (Å²) >= 11 is 0. The van der Waals surface area contributed by atoms with Crippen LogP contribution in [0.1, 0.15) is 36.0 Å². The van der Waals surface area contributed by atoms with Gasteiger partial charge in [0.15, 0.2) is 0 Å². The number of carbonyl (C=O) groups is 2. The fraction of sp³-hybridized carbons (Fsp3) is 0.636. The van der Waals surface area contributed by atoms with Crippen LogP contribution in [0.3, 0.4) is 0 Å². The molecule has 0 N–H and O–H groups in total. The molecule has 0 saturated carbocycles. The quantitative estimate of drug-likeness (QED) is 0.759. The maximum Gasteiger partial charge on any atom is 0.410 e. The van der Waals surface area contributed by atoms with Gasteiger partial charge >= 0.3 is 6.09 Å². The molecule has 0 aromatic heterocycles. The van der Waals surface area contributed by atoms with Gasteiger partial charge in [-0.05, 0) is 51.2 Å². The van der Waals surface area contributed by atoms with Gasteiger partial charge in [0.05, 0.1) is 6.54 Å². The lowest BCUT2D eigenvalue weighted by Crippen LogP contribution is -2.49. The summed E-state index contributed by atoms with van der Waals surface area (Å²) in [5.74, 6) is 0.0709. The highest BCUT2D eigenvalue weighted by molar-refractivity contribution is 5.94. The maximum absolute atomic E-state index is 12.9. The summed E-state index contributed by atoms with van der Waals surface area (Å²) < 4.78 is 5.77. The van der Waals surface area contributed by atoms with Crippen molar-refractivity contribution in [1.82, 2.24) is 14.7 Å². The number of likely N-dealkylation sites (N-methyl/N-ethyl adjacent to an activating group) is 1. The van der Waals surface area contributed by atoms with Crippen LogP contribution in [0.4, 0.5) is 10.5 Å². The second-order valence-electron chi connectivity index (χ2n) is 8.81. The van der Waals surface area contributed by atoms with Crippen LogP contribution in [-0.4, -0.2) is 92.2 Å². The molecule has 3 heterocycles. The van der Waals surface area contributed by atoms with Gasteiger partial charge in [0, 0.05) is 63.4 Å².